The number of hydrogen-bond donors (Lipinski definition) is 3. The smallest absolute Gasteiger partial charge is 0.210 e. The zero-order valence-electron chi connectivity index (χ0n) is 11.2. The highest BCUT2D eigenvalue weighted by molar-refractivity contribution is 7.89. The van der Waals surface area contributed by atoms with Gasteiger partial charge in [0.1, 0.15) is 5.75 Å². The van der Waals surface area contributed by atoms with Crippen molar-refractivity contribution in [2.24, 2.45) is 5.14 Å². The lowest BCUT2D eigenvalue weighted by atomic mass is 9.97. The highest BCUT2D eigenvalue weighted by Crippen LogP contribution is 2.45. The molecule has 1 aliphatic carbocycles. The molecule has 0 aromatic heterocycles. The molecule has 19 heavy (non-hydrogen) atoms. The van der Waals surface area contributed by atoms with Gasteiger partial charge in [0.05, 0.1) is 5.75 Å². The molecule has 0 spiro atoms. The lowest BCUT2D eigenvalue weighted by Crippen LogP contribution is -2.29. The van der Waals surface area contributed by atoms with Crippen molar-refractivity contribution < 1.29 is 13.5 Å². The molecule has 2 unspecified atom stereocenters. The first kappa shape index (κ1) is 14.3. The minimum atomic E-state index is -3.45. The van der Waals surface area contributed by atoms with Gasteiger partial charge in [-0.15, -0.1) is 0 Å². The summed E-state index contributed by atoms with van der Waals surface area (Å²) in [5.41, 5.74) is 3.24. The molecule has 0 radical (unpaired) electrons. The van der Waals surface area contributed by atoms with E-state index in [0.717, 1.165) is 17.5 Å². The van der Waals surface area contributed by atoms with E-state index in [1.807, 2.05) is 13.0 Å². The highest BCUT2D eigenvalue weighted by atomic mass is 32.2. The van der Waals surface area contributed by atoms with Crippen molar-refractivity contribution in [1.82, 2.24) is 5.32 Å². The number of aryl methyl sites for hydroxylation is 1. The molecule has 0 saturated carbocycles. The Kier molecular flexibility index (Phi) is 3.85. The summed E-state index contributed by atoms with van der Waals surface area (Å²) in [6, 6.07) is 3.60. The largest absolute Gasteiger partial charge is 0.508 e. The number of nitrogens with two attached hydrogens (primary N) is 1. The highest BCUT2D eigenvalue weighted by Gasteiger charge is 2.31. The molecule has 5 nitrogen and oxygen atoms in total. The second-order valence-electron chi connectivity index (χ2n) is 5.24. The Morgan fingerprint density at radius 1 is 1.42 bits per heavy atom. The maximum absolute atomic E-state index is 10.9. The second kappa shape index (κ2) is 5.11. The predicted octanol–water partition coefficient (Wildman–Crippen LogP) is 1.13. The fourth-order valence-electron chi connectivity index (χ4n) is 2.90. The van der Waals surface area contributed by atoms with Gasteiger partial charge in [0.2, 0.25) is 10.0 Å². The topological polar surface area (TPSA) is 92.4 Å². The molecule has 6 heteroatoms. The normalized spacial score (nSPS) is 22.5. The summed E-state index contributed by atoms with van der Waals surface area (Å²) in [7, 11) is -3.45. The van der Waals surface area contributed by atoms with E-state index < -0.39 is 10.0 Å². The van der Waals surface area contributed by atoms with E-state index in [2.05, 4.69) is 12.2 Å². The van der Waals surface area contributed by atoms with Gasteiger partial charge in [-0.05, 0) is 36.5 Å². The van der Waals surface area contributed by atoms with Gasteiger partial charge < -0.3 is 10.4 Å². The van der Waals surface area contributed by atoms with Crippen molar-refractivity contribution in [3.8, 4) is 5.75 Å². The number of sulfonamides is 1. The first-order chi connectivity index (χ1) is 8.79. The molecule has 4 N–H and O–H groups in total. The molecule has 0 aliphatic heterocycles. The molecular weight excluding hydrogens is 264 g/mol. The Morgan fingerprint density at radius 2 is 2.11 bits per heavy atom. The predicted molar refractivity (Wildman–Crippen MR) is 74.6 cm³/mol. The molecule has 0 heterocycles. The number of phenolic OH excluding ortho intramolecular Hbond substituents is 1. The minimum Gasteiger partial charge on any atom is -0.508 e. The van der Waals surface area contributed by atoms with Crippen LogP contribution in [0.15, 0.2) is 12.1 Å². The van der Waals surface area contributed by atoms with Crippen molar-refractivity contribution in [3.05, 3.63) is 28.8 Å². The molecule has 2 rings (SSSR count). The Labute approximate surface area is 113 Å². The Hall–Kier alpha value is -1.11. The Morgan fingerprint density at radius 3 is 2.74 bits per heavy atom. The van der Waals surface area contributed by atoms with Crippen LogP contribution < -0.4 is 10.5 Å². The van der Waals surface area contributed by atoms with Gasteiger partial charge >= 0.3 is 0 Å². The van der Waals surface area contributed by atoms with Gasteiger partial charge in [0.25, 0.3) is 0 Å². The van der Waals surface area contributed by atoms with Crippen molar-refractivity contribution in [2.45, 2.75) is 32.2 Å². The number of benzene rings is 1. The zero-order chi connectivity index (χ0) is 14.2. The maximum atomic E-state index is 10.9. The number of nitrogens with one attached hydrogen (secondary N) is 1. The molecule has 0 fully saturated rings. The van der Waals surface area contributed by atoms with Crippen molar-refractivity contribution >= 4 is 10.0 Å². The number of fused-ring (bicyclic) bond motifs is 1. The second-order valence-corrected chi connectivity index (χ2v) is 6.97. The summed E-state index contributed by atoms with van der Waals surface area (Å²) < 4.78 is 21.8. The lowest BCUT2D eigenvalue weighted by Gasteiger charge is -2.15. The molecular formula is C13H20N2O3S. The van der Waals surface area contributed by atoms with Crippen LogP contribution in [0.5, 0.6) is 5.75 Å². The van der Waals surface area contributed by atoms with Crippen LogP contribution in [0.2, 0.25) is 0 Å². The van der Waals surface area contributed by atoms with Crippen molar-refractivity contribution in [1.29, 1.82) is 0 Å². The van der Waals surface area contributed by atoms with Crippen LogP contribution in [-0.2, 0) is 10.0 Å². The molecule has 1 aliphatic rings. The molecule has 0 bridgehead atoms. The van der Waals surface area contributed by atoms with E-state index >= 15 is 0 Å². The fourth-order valence-corrected chi connectivity index (χ4v) is 3.31. The van der Waals surface area contributed by atoms with Gasteiger partial charge in [-0.3, -0.25) is 0 Å². The molecule has 2 atom stereocenters. The van der Waals surface area contributed by atoms with Crippen LogP contribution >= 0.6 is 0 Å². The van der Waals surface area contributed by atoms with Gasteiger partial charge in [-0.25, -0.2) is 13.6 Å². The average molecular weight is 284 g/mol. The number of rotatable bonds is 4. The third-order valence-electron chi connectivity index (χ3n) is 3.69. The van der Waals surface area contributed by atoms with Crippen LogP contribution in [0.25, 0.3) is 0 Å². The third-order valence-corrected chi connectivity index (χ3v) is 4.46. The quantitative estimate of drug-likeness (QED) is 0.772. The van der Waals surface area contributed by atoms with E-state index in [-0.39, 0.29) is 17.5 Å². The van der Waals surface area contributed by atoms with Gasteiger partial charge in [0, 0.05) is 18.2 Å². The van der Waals surface area contributed by atoms with Gasteiger partial charge in [0.15, 0.2) is 0 Å². The molecule has 106 valence electrons. The lowest BCUT2D eigenvalue weighted by molar-refractivity contribution is 0.449. The molecule has 1 aromatic rings. The fraction of sp³-hybridized carbons (Fsp3) is 0.538. The summed E-state index contributed by atoms with van der Waals surface area (Å²) >= 11 is 0. The van der Waals surface area contributed by atoms with Gasteiger partial charge in [-0.2, -0.15) is 0 Å². The van der Waals surface area contributed by atoms with Crippen LogP contribution in [0, 0.1) is 6.92 Å². The van der Waals surface area contributed by atoms with E-state index in [0.29, 0.717) is 12.5 Å². The van der Waals surface area contributed by atoms with Gasteiger partial charge in [-0.1, -0.05) is 13.0 Å². The molecule has 1 aromatic carbocycles. The van der Waals surface area contributed by atoms with E-state index in [9.17, 15) is 13.5 Å². The summed E-state index contributed by atoms with van der Waals surface area (Å²) in [6.45, 7) is 4.44. The Bertz CT molecular complexity index is 584. The minimum absolute atomic E-state index is 0.00773. The zero-order valence-corrected chi connectivity index (χ0v) is 12.0. The van der Waals surface area contributed by atoms with Crippen molar-refractivity contribution in [2.75, 3.05) is 12.3 Å². The number of aromatic hydroxyl groups is 1. The molecule has 0 amide bonds. The van der Waals surface area contributed by atoms with E-state index in [1.54, 1.807) is 6.07 Å². The summed E-state index contributed by atoms with van der Waals surface area (Å²) in [5.74, 6) is 0.534. The SMILES string of the molecule is Cc1ccc(O)c2c1C(C)CC2NCCS(N)(=O)=O. The summed E-state index contributed by atoms with van der Waals surface area (Å²) in [6.07, 6.45) is 0.859. The first-order valence-electron chi connectivity index (χ1n) is 6.36. The first-order valence-corrected chi connectivity index (χ1v) is 8.07. The monoisotopic (exact) mass is 284 g/mol. The Balaban J connectivity index is 2.18. The van der Waals surface area contributed by atoms with E-state index in [1.165, 1.54) is 5.56 Å². The van der Waals surface area contributed by atoms with E-state index in [4.69, 9.17) is 5.14 Å². The third kappa shape index (κ3) is 3.08. The van der Waals surface area contributed by atoms with Crippen molar-refractivity contribution in [3.63, 3.8) is 0 Å². The van der Waals surface area contributed by atoms with Crippen LogP contribution in [0.1, 0.15) is 42.0 Å². The number of primary sulfonamides is 1. The average Bonchev–Trinajstić information content (AvgIpc) is 2.61. The summed E-state index contributed by atoms with van der Waals surface area (Å²) in [5, 5.41) is 18.2. The maximum Gasteiger partial charge on any atom is 0.210 e. The van der Waals surface area contributed by atoms with Crippen LogP contribution in [-0.4, -0.2) is 25.8 Å². The number of phenols is 1. The summed E-state index contributed by atoms with van der Waals surface area (Å²) in [4.78, 5) is 0. The number of hydrogen-bond acceptors (Lipinski definition) is 4. The van der Waals surface area contributed by atoms with Crippen LogP contribution in [0.4, 0.5) is 0 Å². The standard InChI is InChI=1S/C13H20N2O3S/c1-8-3-4-11(16)13-10(7-9(2)12(8)13)15-5-6-19(14,17)18/h3-4,9-10,15-16H,5-7H2,1-2H3,(H2,14,17,18). The molecule has 0 saturated heterocycles. The van der Waals surface area contributed by atoms with Crippen LogP contribution in [0.3, 0.4) is 0 Å².